The van der Waals surface area contributed by atoms with Crippen LogP contribution in [0.2, 0.25) is 0 Å². The summed E-state index contributed by atoms with van der Waals surface area (Å²) in [6.07, 6.45) is -2.60. The molecule has 1 aromatic rings. The number of nitrogens with one attached hydrogen (secondary N) is 1. The second kappa shape index (κ2) is 6.85. The van der Waals surface area contributed by atoms with Gasteiger partial charge in [-0.3, -0.25) is 15.0 Å². The van der Waals surface area contributed by atoms with Crippen LogP contribution < -0.4 is 10.6 Å². The van der Waals surface area contributed by atoms with Gasteiger partial charge in [0.15, 0.2) is 0 Å². The second-order valence-electron chi connectivity index (χ2n) is 5.27. The number of hydrogen-bond acceptors (Lipinski definition) is 7. The molecular formula is C13H15N2O7-. The topological polar surface area (TPSA) is 131 Å². The number of nitro groups is 1. The van der Waals surface area contributed by atoms with Gasteiger partial charge in [0, 0.05) is 12.1 Å². The van der Waals surface area contributed by atoms with Crippen molar-refractivity contribution >= 4 is 17.7 Å². The van der Waals surface area contributed by atoms with Crippen LogP contribution in [0.5, 0.6) is 0 Å². The number of carboxylic acid groups (broad SMARTS) is 1. The normalized spacial score (nSPS) is 12.3. The molecule has 120 valence electrons. The number of amides is 1. The number of carboxylic acids is 1. The fraction of sp³-hybridized carbons (Fsp3) is 0.385. The summed E-state index contributed by atoms with van der Waals surface area (Å²) in [6, 6.07) is 4.61. The van der Waals surface area contributed by atoms with E-state index in [-0.39, 0.29) is 11.3 Å². The lowest BCUT2D eigenvalue weighted by Crippen LogP contribution is -2.38. The molecule has 0 bridgehead atoms. The molecule has 9 nitrogen and oxygen atoms in total. The predicted octanol–water partition coefficient (Wildman–Crippen LogP) is 0.842. The van der Waals surface area contributed by atoms with E-state index < -0.39 is 28.7 Å². The minimum absolute atomic E-state index is 0.0710. The fourth-order valence-electron chi connectivity index (χ4n) is 1.43. The zero-order chi connectivity index (χ0) is 16.9. The van der Waals surface area contributed by atoms with Crippen LogP contribution in [0.4, 0.5) is 10.5 Å². The number of carbonyl (C=O) groups excluding carboxylic acids is 2. The molecule has 9 heteroatoms. The molecule has 0 fully saturated rings. The number of nitro benzene ring substituents is 1. The molecular weight excluding hydrogens is 296 g/mol. The number of rotatable bonds is 5. The molecule has 0 aromatic heterocycles. The van der Waals surface area contributed by atoms with Crippen LogP contribution in [0.15, 0.2) is 24.3 Å². The maximum Gasteiger partial charge on any atom is 0.431 e. The Morgan fingerprint density at radius 1 is 1.23 bits per heavy atom. The Hall–Kier alpha value is -2.68. The van der Waals surface area contributed by atoms with Crippen molar-refractivity contribution in [3.8, 4) is 0 Å². The number of ether oxygens (including phenoxy) is 1. The number of hydroxylamine groups is 1. The molecule has 1 rings (SSSR count). The highest BCUT2D eigenvalue weighted by Crippen LogP contribution is 2.20. The summed E-state index contributed by atoms with van der Waals surface area (Å²) >= 11 is 0. The van der Waals surface area contributed by atoms with E-state index in [4.69, 9.17) is 9.57 Å². The lowest BCUT2D eigenvalue weighted by Gasteiger charge is -2.22. The summed E-state index contributed by atoms with van der Waals surface area (Å²) in [5, 5.41) is 21.6. The molecule has 0 spiro atoms. The van der Waals surface area contributed by atoms with Gasteiger partial charge in [0.25, 0.3) is 5.69 Å². The van der Waals surface area contributed by atoms with Crippen molar-refractivity contribution in [2.75, 3.05) is 0 Å². The van der Waals surface area contributed by atoms with Crippen molar-refractivity contribution in [1.29, 1.82) is 0 Å². The van der Waals surface area contributed by atoms with Gasteiger partial charge in [0.2, 0.25) is 0 Å². The minimum atomic E-state index is -1.63. The van der Waals surface area contributed by atoms with Gasteiger partial charge in [-0.05, 0) is 38.5 Å². The first-order valence-corrected chi connectivity index (χ1v) is 6.20. The van der Waals surface area contributed by atoms with E-state index in [0.717, 1.165) is 12.1 Å². The third-order valence-corrected chi connectivity index (χ3v) is 2.28. The lowest BCUT2D eigenvalue weighted by atomic mass is 10.1. The van der Waals surface area contributed by atoms with Crippen molar-refractivity contribution in [2.24, 2.45) is 0 Å². The standard InChI is InChI=1S/C13H16N2O7/c1-13(2,3)21-12(18)14-22-10(11(16)17)8-4-6-9(7-5-8)15(19)20/h4-7,10H,1-3H3,(H,14,18)(H,16,17)/p-1. The number of non-ortho nitro benzene ring substituents is 1. The Kier molecular flexibility index (Phi) is 5.41. The van der Waals surface area contributed by atoms with E-state index in [1.54, 1.807) is 20.8 Å². The fourth-order valence-corrected chi connectivity index (χ4v) is 1.43. The quantitative estimate of drug-likeness (QED) is 0.629. The van der Waals surface area contributed by atoms with Gasteiger partial charge < -0.3 is 14.6 Å². The summed E-state index contributed by atoms with van der Waals surface area (Å²) in [4.78, 5) is 37.1. The van der Waals surface area contributed by atoms with Crippen molar-refractivity contribution in [1.82, 2.24) is 5.48 Å². The van der Waals surface area contributed by atoms with Crippen LogP contribution in [-0.4, -0.2) is 22.6 Å². The summed E-state index contributed by atoms with van der Waals surface area (Å²) in [5.41, 5.74) is 0.924. The first kappa shape index (κ1) is 17.4. The van der Waals surface area contributed by atoms with Crippen LogP contribution in [0.25, 0.3) is 0 Å². The SMILES string of the molecule is CC(C)(C)OC(=O)NOC(C(=O)[O-])c1ccc([N+](=O)[O-])cc1. The highest BCUT2D eigenvalue weighted by molar-refractivity contribution is 5.73. The number of nitrogens with zero attached hydrogens (tertiary/aromatic N) is 1. The Bertz CT molecular complexity index is 563. The highest BCUT2D eigenvalue weighted by atomic mass is 16.7. The van der Waals surface area contributed by atoms with Gasteiger partial charge in [-0.1, -0.05) is 0 Å². The van der Waals surface area contributed by atoms with Crippen LogP contribution in [-0.2, 0) is 14.4 Å². The Balaban J connectivity index is 2.76. The van der Waals surface area contributed by atoms with E-state index >= 15 is 0 Å². The van der Waals surface area contributed by atoms with Crippen LogP contribution in [0, 0.1) is 10.1 Å². The summed E-state index contributed by atoms with van der Waals surface area (Å²) in [5.74, 6) is -1.62. The zero-order valence-electron chi connectivity index (χ0n) is 12.2. The molecule has 0 saturated carbocycles. The molecule has 0 aliphatic heterocycles. The summed E-state index contributed by atoms with van der Waals surface area (Å²) in [6.45, 7) is 4.87. The second-order valence-corrected chi connectivity index (χ2v) is 5.27. The highest BCUT2D eigenvalue weighted by Gasteiger charge is 2.20. The third-order valence-electron chi connectivity index (χ3n) is 2.28. The molecule has 22 heavy (non-hydrogen) atoms. The smallest absolute Gasteiger partial charge is 0.431 e. The number of hydrogen-bond donors (Lipinski definition) is 1. The van der Waals surface area contributed by atoms with Gasteiger partial charge in [0.05, 0.1) is 10.9 Å². The van der Waals surface area contributed by atoms with Crippen LogP contribution in [0.3, 0.4) is 0 Å². The molecule has 0 heterocycles. The Labute approximate surface area is 125 Å². The first-order valence-electron chi connectivity index (χ1n) is 6.20. The number of benzene rings is 1. The van der Waals surface area contributed by atoms with E-state index in [9.17, 15) is 24.8 Å². The molecule has 1 unspecified atom stereocenters. The van der Waals surface area contributed by atoms with Gasteiger partial charge in [0.1, 0.15) is 11.7 Å². The Morgan fingerprint density at radius 3 is 2.18 bits per heavy atom. The summed E-state index contributed by atoms with van der Waals surface area (Å²) in [7, 11) is 0. The van der Waals surface area contributed by atoms with Gasteiger partial charge >= 0.3 is 6.09 Å². The first-order chi connectivity index (χ1) is 10.1. The van der Waals surface area contributed by atoms with Crippen LogP contribution in [0.1, 0.15) is 32.4 Å². The molecule has 1 aromatic carbocycles. The van der Waals surface area contributed by atoms with Crippen LogP contribution >= 0.6 is 0 Å². The van der Waals surface area contributed by atoms with Crippen molar-refractivity contribution in [3.05, 3.63) is 39.9 Å². The maximum atomic E-state index is 11.4. The molecule has 0 saturated heterocycles. The van der Waals surface area contributed by atoms with E-state index in [2.05, 4.69) is 0 Å². The van der Waals surface area contributed by atoms with Gasteiger partial charge in [-0.15, -0.1) is 0 Å². The third kappa shape index (κ3) is 5.37. The van der Waals surface area contributed by atoms with Gasteiger partial charge in [-0.2, -0.15) is 5.48 Å². The van der Waals surface area contributed by atoms with E-state index in [1.165, 1.54) is 12.1 Å². The number of aliphatic carboxylic acids is 1. The van der Waals surface area contributed by atoms with E-state index in [1.807, 2.05) is 5.48 Å². The van der Waals surface area contributed by atoms with Crippen molar-refractivity contribution < 1.29 is 29.2 Å². The number of carbonyl (C=O) groups is 2. The summed E-state index contributed by atoms with van der Waals surface area (Å²) < 4.78 is 4.88. The van der Waals surface area contributed by atoms with Crippen molar-refractivity contribution in [3.63, 3.8) is 0 Å². The van der Waals surface area contributed by atoms with Crippen molar-refractivity contribution in [2.45, 2.75) is 32.5 Å². The zero-order valence-corrected chi connectivity index (χ0v) is 12.2. The van der Waals surface area contributed by atoms with Gasteiger partial charge in [-0.25, -0.2) is 4.79 Å². The lowest BCUT2D eigenvalue weighted by molar-refractivity contribution is -0.384. The average molecular weight is 311 g/mol. The monoisotopic (exact) mass is 311 g/mol. The molecule has 0 aliphatic rings. The molecule has 0 aliphatic carbocycles. The maximum absolute atomic E-state index is 11.4. The molecule has 1 atom stereocenters. The average Bonchev–Trinajstić information content (AvgIpc) is 2.37. The predicted molar refractivity (Wildman–Crippen MR) is 71.3 cm³/mol. The molecule has 1 amide bonds. The molecule has 1 N–H and O–H groups in total. The van der Waals surface area contributed by atoms with E-state index in [0.29, 0.717) is 0 Å². The largest absolute Gasteiger partial charge is 0.547 e. The molecule has 0 radical (unpaired) electrons. The minimum Gasteiger partial charge on any atom is -0.547 e. The Morgan fingerprint density at radius 2 is 1.77 bits per heavy atom.